The summed E-state index contributed by atoms with van der Waals surface area (Å²) in [5.41, 5.74) is 0.591. The Bertz CT molecular complexity index is 469. The van der Waals surface area contributed by atoms with Gasteiger partial charge in [0.1, 0.15) is 5.75 Å². The Morgan fingerprint density at radius 2 is 2.18 bits per heavy atom. The number of nitrogens with zero attached hydrogens (tertiary/aromatic N) is 1. The Morgan fingerprint density at radius 3 is 2.82 bits per heavy atom. The van der Waals surface area contributed by atoms with E-state index in [4.69, 9.17) is 14.2 Å². The Balaban J connectivity index is 2.37. The molecule has 6 heteroatoms. The Hall–Kier alpha value is -2.24. The van der Waals surface area contributed by atoms with Crippen LogP contribution in [0.1, 0.15) is 12.5 Å². The molecule has 0 saturated carbocycles. The van der Waals surface area contributed by atoms with Crippen LogP contribution in [0.5, 0.6) is 17.2 Å². The number of ether oxygens (including phenoxy) is 3. The molecular weight excluding hydrogens is 226 g/mol. The molecule has 1 heterocycles. The summed E-state index contributed by atoms with van der Waals surface area (Å²) in [6.07, 6.45) is 2.23. The third-order valence-corrected chi connectivity index (χ3v) is 2.18. The van der Waals surface area contributed by atoms with Crippen molar-refractivity contribution in [2.45, 2.75) is 6.92 Å². The maximum absolute atomic E-state index is 10.3. The van der Waals surface area contributed by atoms with Gasteiger partial charge < -0.3 is 14.2 Å². The average molecular weight is 237 g/mol. The highest BCUT2D eigenvalue weighted by Gasteiger charge is 2.17. The van der Waals surface area contributed by atoms with Crippen molar-refractivity contribution in [3.05, 3.63) is 34.0 Å². The smallest absolute Gasteiger partial charge is 0.235 e. The summed E-state index contributed by atoms with van der Waals surface area (Å²) in [5.74, 6) is 1.69. The van der Waals surface area contributed by atoms with Gasteiger partial charge in [0.2, 0.25) is 13.0 Å². The Morgan fingerprint density at radius 1 is 1.47 bits per heavy atom. The largest absolute Gasteiger partial charge is 0.493 e. The summed E-state index contributed by atoms with van der Waals surface area (Å²) >= 11 is 0. The Kier molecular flexibility index (Phi) is 3.13. The highest BCUT2D eigenvalue weighted by atomic mass is 16.7. The van der Waals surface area contributed by atoms with Crippen molar-refractivity contribution in [2.24, 2.45) is 0 Å². The van der Waals surface area contributed by atoms with E-state index in [-0.39, 0.29) is 6.79 Å². The molecule has 6 nitrogen and oxygen atoms in total. The molecule has 1 aromatic rings. The van der Waals surface area contributed by atoms with Crippen LogP contribution in [0.4, 0.5) is 0 Å². The lowest BCUT2D eigenvalue weighted by atomic mass is 10.1. The van der Waals surface area contributed by atoms with E-state index >= 15 is 0 Å². The van der Waals surface area contributed by atoms with Gasteiger partial charge in [0.05, 0.1) is 11.5 Å². The minimum absolute atomic E-state index is 0.156. The third-order valence-electron chi connectivity index (χ3n) is 2.18. The first-order valence-electron chi connectivity index (χ1n) is 5.09. The van der Waals surface area contributed by atoms with Crippen LogP contribution < -0.4 is 14.2 Å². The SMILES string of the molecule is CCOc1cc2c(cc1/C=C/[N+](=O)[O-])OCO2. The molecule has 0 fully saturated rings. The molecule has 0 aromatic heterocycles. The van der Waals surface area contributed by atoms with Gasteiger partial charge in [0.25, 0.3) is 0 Å². The highest BCUT2D eigenvalue weighted by Crippen LogP contribution is 2.38. The van der Waals surface area contributed by atoms with E-state index in [0.717, 1.165) is 6.20 Å². The monoisotopic (exact) mass is 237 g/mol. The van der Waals surface area contributed by atoms with E-state index in [9.17, 15) is 10.1 Å². The van der Waals surface area contributed by atoms with E-state index in [2.05, 4.69) is 0 Å². The first-order chi connectivity index (χ1) is 8.20. The summed E-state index contributed by atoms with van der Waals surface area (Å²) < 4.78 is 15.8. The van der Waals surface area contributed by atoms with Crippen molar-refractivity contribution in [1.29, 1.82) is 0 Å². The summed E-state index contributed by atoms with van der Waals surface area (Å²) in [5, 5.41) is 10.3. The second kappa shape index (κ2) is 4.73. The molecule has 1 aromatic carbocycles. The minimum atomic E-state index is -0.527. The molecular formula is C11H11NO5. The van der Waals surface area contributed by atoms with Crippen molar-refractivity contribution in [2.75, 3.05) is 13.4 Å². The molecule has 0 saturated heterocycles. The second-order valence-corrected chi connectivity index (χ2v) is 3.28. The molecule has 2 rings (SSSR count). The quantitative estimate of drug-likeness (QED) is 0.592. The van der Waals surface area contributed by atoms with Crippen LogP contribution in [0.3, 0.4) is 0 Å². The van der Waals surface area contributed by atoms with E-state index < -0.39 is 4.92 Å². The van der Waals surface area contributed by atoms with Crippen LogP contribution in [-0.4, -0.2) is 18.3 Å². The van der Waals surface area contributed by atoms with Crippen LogP contribution in [-0.2, 0) is 0 Å². The summed E-state index contributed by atoms with van der Waals surface area (Å²) in [6.45, 7) is 2.47. The van der Waals surface area contributed by atoms with Crippen molar-refractivity contribution in [1.82, 2.24) is 0 Å². The zero-order valence-electron chi connectivity index (χ0n) is 9.21. The molecule has 0 aliphatic carbocycles. The van der Waals surface area contributed by atoms with E-state index in [1.807, 2.05) is 6.92 Å². The molecule has 1 aliphatic rings. The number of benzene rings is 1. The van der Waals surface area contributed by atoms with Crippen LogP contribution in [0, 0.1) is 10.1 Å². The summed E-state index contributed by atoms with van der Waals surface area (Å²) in [7, 11) is 0. The number of rotatable bonds is 4. The molecule has 0 atom stereocenters. The predicted octanol–water partition coefficient (Wildman–Crippen LogP) is 2.06. The van der Waals surface area contributed by atoms with Crippen LogP contribution >= 0.6 is 0 Å². The van der Waals surface area contributed by atoms with E-state index in [1.165, 1.54) is 6.08 Å². The van der Waals surface area contributed by atoms with Gasteiger partial charge >= 0.3 is 0 Å². The van der Waals surface area contributed by atoms with Gasteiger partial charge in [0.15, 0.2) is 11.5 Å². The lowest BCUT2D eigenvalue weighted by molar-refractivity contribution is -0.400. The first kappa shape index (κ1) is 11.3. The van der Waals surface area contributed by atoms with E-state index in [1.54, 1.807) is 12.1 Å². The van der Waals surface area contributed by atoms with Crippen molar-refractivity contribution >= 4 is 6.08 Å². The number of hydrogen-bond donors (Lipinski definition) is 0. The predicted molar refractivity (Wildman–Crippen MR) is 59.8 cm³/mol. The second-order valence-electron chi connectivity index (χ2n) is 3.28. The van der Waals surface area contributed by atoms with Crippen LogP contribution in [0.2, 0.25) is 0 Å². The lowest BCUT2D eigenvalue weighted by Crippen LogP contribution is -1.94. The fraction of sp³-hybridized carbons (Fsp3) is 0.273. The maximum atomic E-state index is 10.3. The van der Waals surface area contributed by atoms with Gasteiger partial charge in [-0.25, -0.2) is 0 Å². The molecule has 0 bridgehead atoms. The molecule has 90 valence electrons. The number of nitro groups is 1. The first-order valence-corrected chi connectivity index (χ1v) is 5.09. The molecule has 0 spiro atoms. The standard InChI is InChI=1S/C11H11NO5/c1-2-15-9-6-11-10(16-7-17-11)5-8(9)3-4-12(13)14/h3-6H,2,7H2,1H3/b4-3+. The van der Waals surface area contributed by atoms with E-state index in [0.29, 0.717) is 29.4 Å². The van der Waals surface area contributed by atoms with Crippen LogP contribution in [0.25, 0.3) is 6.08 Å². The van der Waals surface area contributed by atoms with Crippen molar-refractivity contribution < 1.29 is 19.1 Å². The number of hydrogen-bond acceptors (Lipinski definition) is 5. The van der Waals surface area contributed by atoms with Crippen molar-refractivity contribution in [3.63, 3.8) is 0 Å². The minimum Gasteiger partial charge on any atom is -0.493 e. The third kappa shape index (κ3) is 2.47. The van der Waals surface area contributed by atoms with Gasteiger partial charge in [-0.15, -0.1) is 0 Å². The average Bonchev–Trinajstić information content (AvgIpc) is 2.73. The zero-order valence-corrected chi connectivity index (χ0v) is 9.21. The van der Waals surface area contributed by atoms with Crippen molar-refractivity contribution in [3.8, 4) is 17.2 Å². The van der Waals surface area contributed by atoms with Gasteiger partial charge in [-0.05, 0) is 13.0 Å². The fourth-order valence-electron chi connectivity index (χ4n) is 1.49. The molecule has 0 unspecified atom stereocenters. The van der Waals surface area contributed by atoms with Gasteiger partial charge in [-0.2, -0.15) is 0 Å². The van der Waals surface area contributed by atoms with Gasteiger partial charge in [0, 0.05) is 17.7 Å². The fourth-order valence-corrected chi connectivity index (χ4v) is 1.49. The Labute approximate surface area is 97.6 Å². The molecule has 1 aliphatic heterocycles. The summed E-state index contributed by atoms with van der Waals surface area (Å²) in [6, 6.07) is 3.33. The highest BCUT2D eigenvalue weighted by molar-refractivity contribution is 5.63. The topological polar surface area (TPSA) is 70.8 Å². The lowest BCUT2D eigenvalue weighted by Gasteiger charge is -2.07. The van der Waals surface area contributed by atoms with Crippen LogP contribution in [0.15, 0.2) is 18.3 Å². The molecule has 0 N–H and O–H groups in total. The molecule has 17 heavy (non-hydrogen) atoms. The number of fused-ring (bicyclic) bond motifs is 1. The zero-order chi connectivity index (χ0) is 12.3. The normalized spacial score (nSPS) is 13.0. The summed E-state index contributed by atoms with van der Waals surface area (Å²) in [4.78, 5) is 9.77. The van der Waals surface area contributed by atoms with Gasteiger partial charge in [-0.3, -0.25) is 10.1 Å². The van der Waals surface area contributed by atoms with Gasteiger partial charge in [-0.1, -0.05) is 0 Å². The molecule has 0 radical (unpaired) electrons. The molecule has 0 amide bonds. The maximum Gasteiger partial charge on any atom is 0.235 e.